The second-order valence-electron chi connectivity index (χ2n) is 3.33. The van der Waals surface area contributed by atoms with Gasteiger partial charge in [-0.05, 0) is 25.2 Å². The molecule has 60 valence electrons. The minimum Gasteiger partial charge on any atom is -0.375 e. The molecule has 0 aromatic carbocycles. The first-order valence-corrected chi connectivity index (χ1v) is 4.43. The van der Waals surface area contributed by atoms with Crippen molar-refractivity contribution in [3.63, 3.8) is 0 Å². The molecule has 0 aromatic rings. The third kappa shape index (κ3) is 1.98. The van der Waals surface area contributed by atoms with E-state index in [1.165, 1.54) is 19.3 Å². The molecule has 0 radical (unpaired) electrons. The fourth-order valence-electron chi connectivity index (χ4n) is 1.21. The van der Waals surface area contributed by atoms with E-state index >= 15 is 0 Å². The zero-order chi connectivity index (χ0) is 7.56. The van der Waals surface area contributed by atoms with Crippen LogP contribution in [0, 0.1) is 5.92 Å². The summed E-state index contributed by atoms with van der Waals surface area (Å²) in [5.74, 6) is 0.834. The van der Waals surface area contributed by atoms with Crippen molar-refractivity contribution in [3.8, 4) is 0 Å². The SMILES string of the molecule is CCC(CC)OC1CC1C. The Balaban J connectivity index is 2.10. The van der Waals surface area contributed by atoms with Gasteiger partial charge in [0.15, 0.2) is 0 Å². The molecule has 2 atom stereocenters. The fourth-order valence-corrected chi connectivity index (χ4v) is 1.21. The summed E-state index contributed by atoms with van der Waals surface area (Å²) in [6.45, 7) is 6.65. The van der Waals surface area contributed by atoms with Crippen LogP contribution in [-0.4, -0.2) is 12.2 Å². The Morgan fingerprint density at radius 1 is 1.40 bits per heavy atom. The molecule has 0 spiro atoms. The molecule has 0 heterocycles. The van der Waals surface area contributed by atoms with Crippen LogP contribution < -0.4 is 0 Å². The molecule has 0 bridgehead atoms. The summed E-state index contributed by atoms with van der Waals surface area (Å²) in [6, 6.07) is 0. The summed E-state index contributed by atoms with van der Waals surface area (Å²) in [7, 11) is 0. The van der Waals surface area contributed by atoms with Crippen LogP contribution >= 0.6 is 0 Å². The maximum Gasteiger partial charge on any atom is 0.0608 e. The van der Waals surface area contributed by atoms with Crippen LogP contribution in [0.4, 0.5) is 0 Å². The van der Waals surface area contributed by atoms with Gasteiger partial charge >= 0.3 is 0 Å². The largest absolute Gasteiger partial charge is 0.375 e. The van der Waals surface area contributed by atoms with Gasteiger partial charge in [0.05, 0.1) is 12.2 Å². The molecular formula is C9H18O. The summed E-state index contributed by atoms with van der Waals surface area (Å²) in [4.78, 5) is 0. The van der Waals surface area contributed by atoms with Crippen LogP contribution in [-0.2, 0) is 4.74 Å². The summed E-state index contributed by atoms with van der Waals surface area (Å²) < 4.78 is 5.77. The number of hydrogen-bond acceptors (Lipinski definition) is 1. The van der Waals surface area contributed by atoms with Gasteiger partial charge in [-0.2, -0.15) is 0 Å². The van der Waals surface area contributed by atoms with Gasteiger partial charge in [-0.3, -0.25) is 0 Å². The molecule has 1 heteroatoms. The molecule has 1 rings (SSSR count). The van der Waals surface area contributed by atoms with E-state index in [1.807, 2.05) is 0 Å². The van der Waals surface area contributed by atoms with Crippen molar-refractivity contribution in [1.82, 2.24) is 0 Å². The summed E-state index contributed by atoms with van der Waals surface area (Å²) in [6.07, 6.45) is 4.75. The van der Waals surface area contributed by atoms with E-state index in [9.17, 15) is 0 Å². The quantitative estimate of drug-likeness (QED) is 0.586. The standard InChI is InChI=1S/C9H18O/c1-4-8(5-2)10-9-6-7(9)3/h7-9H,4-6H2,1-3H3. The van der Waals surface area contributed by atoms with E-state index in [1.54, 1.807) is 0 Å². The molecular weight excluding hydrogens is 124 g/mol. The molecule has 10 heavy (non-hydrogen) atoms. The molecule has 0 aliphatic heterocycles. The Hall–Kier alpha value is -0.0400. The van der Waals surface area contributed by atoms with E-state index in [-0.39, 0.29) is 0 Å². The molecule has 0 amide bonds. The molecule has 1 saturated carbocycles. The highest BCUT2D eigenvalue weighted by molar-refractivity contribution is 4.84. The summed E-state index contributed by atoms with van der Waals surface area (Å²) >= 11 is 0. The third-order valence-electron chi connectivity index (χ3n) is 2.31. The monoisotopic (exact) mass is 142 g/mol. The lowest BCUT2D eigenvalue weighted by atomic mass is 10.2. The van der Waals surface area contributed by atoms with Crippen molar-refractivity contribution in [2.75, 3.05) is 0 Å². The van der Waals surface area contributed by atoms with Gasteiger partial charge < -0.3 is 4.74 Å². The Morgan fingerprint density at radius 3 is 2.20 bits per heavy atom. The van der Waals surface area contributed by atoms with Gasteiger partial charge in [0.1, 0.15) is 0 Å². The molecule has 1 aliphatic rings. The van der Waals surface area contributed by atoms with Crippen LogP contribution in [0.25, 0.3) is 0 Å². The molecule has 2 unspecified atom stereocenters. The van der Waals surface area contributed by atoms with E-state index in [2.05, 4.69) is 20.8 Å². The molecule has 1 nitrogen and oxygen atoms in total. The van der Waals surface area contributed by atoms with Crippen LogP contribution in [0.1, 0.15) is 40.0 Å². The first-order valence-electron chi connectivity index (χ1n) is 4.43. The summed E-state index contributed by atoms with van der Waals surface area (Å²) in [5, 5.41) is 0. The molecule has 1 aliphatic carbocycles. The fraction of sp³-hybridized carbons (Fsp3) is 1.00. The molecule has 0 aromatic heterocycles. The van der Waals surface area contributed by atoms with Crippen molar-refractivity contribution in [1.29, 1.82) is 0 Å². The number of rotatable bonds is 4. The lowest BCUT2D eigenvalue weighted by molar-refractivity contribution is 0.0288. The highest BCUT2D eigenvalue weighted by Crippen LogP contribution is 2.34. The van der Waals surface area contributed by atoms with Gasteiger partial charge in [-0.15, -0.1) is 0 Å². The molecule has 1 fully saturated rings. The zero-order valence-corrected chi connectivity index (χ0v) is 7.26. The number of ether oxygens (including phenoxy) is 1. The van der Waals surface area contributed by atoms with E-state index < -0.39 is 0 Å². The van der Waals surface area contributed by atoms with Crippen LogP contribution in [0.15, 0.2) is 0 Å². The second-order valence-corrected chi connectivity index (χ2v) is 3.33. The predicted octanol–water partition coefficient (Wildman–Crippen LogP) is 2.60. The highest BCUT2D eigenvalue weighted by Gasteiger charge is 2.34. The smallest absolute Gasteiger partial charge is 0.0608 e. The van der Waals surface area contributed by atoms with Crippen LogP contribution in [0.2, 0.25) is 0 Å². The topological polar surface area (TPSA) is 9.23 Å². The summed E-state index contributed by atoms with van der Waals surface area (Å²) in [5.41, 5.74) is 0. The Labute approximate surface area is 63.8 Å². The minimum atomic E-state index is 0.523. The van der Waals surface area contributed by atoms with Gasteiger partial charge in [0, 0.05) is 0 Å². The van der Waals surface area contributed by atoms with Gasteiger partial charge in [-0.25, -0.2) is 0 Å². The van der Waals surface area contributed by atoms with Crippen LogP contribution in [0.3, 0.4) is 0 Å². The van der Waals surface area contributed by atoms with Gasteiger partial charge in [0.2, 0.25) is 0 Å². The minimum absolute atomic E-state index is 0.523. The van der Waals surface area contributed by atoms with Crippen LogP contribution in [0.5, 0.6) is 0 Å². The van der Waals surface area contributed by atoms with Crippen molar-refractivity contribution in [2.24, 2.45) is 5.92 Å². The lowest BCUT2D eigenvalue weighted by Crippen LogP contribution is -2.12. The Morgan fingerprint density at radius 2 is 1.90 bits per heavy atom. The van der Waals surface area contributed by atoms with Crippen molar-refractivity contribution in [2.45, 2.75) is 52.2 Å². The van der Waals surface area contributed by atoms with Gasteiger partial charge in [-0.1, -0.05) is 20.8 Å². The molecule has 0 N–H and O–H groups in total. The maximum absolute atomic E-state index is 5.77. The van der Waals surface area contributed by atoms with E-state index in [0.29, 0.717) is 12.2 Å². The lowest BCUT2D eigenvalue weighted by Gasteiger charge is -2.12. The predicted molar refractivity (Wildman–Crippen MR) is 43.0 cm³/mol. The normalized spacial score (nSPS) is 31.2. The Kier molecular flexibility index (Phi) is 2.72. The highest BCUT2D eigenvalue weighted by atomic mass is 16.5. The number of hydrogen-bond donors (Lipinski definition) is 0. The first kappa shape index (κ1) is 8.06. The second kappa shape index (κ2) is 3.38. The maximum atomic E-state index is 5.77. The zero-order valence-electron chi connectivity index (χ0n) is 7.26. The van der Waals surface area contributed by atoms with Crippen molar-refractivity contribution in [3.05, 3.63) is 0 Å². The van der Waals surface area contributed by atoms with E-state index in [4.69, 9.17) is 4.74 Å². The molecule has 0 saturated heterocycles. The average molecular weight is 142 g/mol. The first-order chi connectivity index (χ1) is 4.77. The van der Waals surface area contributed by atoms with Crippen molar-refractivity contribution < 1.29 is 4.74 Å². The van der Waals surface area contributed by atoms with Crippen molar-refractivity contribution >= 4 is 0 Å². The Bertz CT molecular complexity index is 96.9. The third-order valence-corrected chi connectivity index (χ3v) is 2.31. The van der Waals surface area contributed by atoms with E-state index in [0.717, 1.165) is 5.92 Å². The average Bonchev–Trinajstić information content (AvgIpc) is 2.62. The van der Waals surface area contributed by atoms with Gasteiger partial charge in [0.25, 0.3) is 0 Å².